The number of hydrogen-bond donors (Lipinski definition) is 1. The Hall–Kier alpha value is -0.960. The molecule has 0 unspecified atom stereocenters. The predicted octanol–water partition coefficient (Wildman–Crippen LogP) is 3.49. The summed E-state index contributed by atoms with van der Waals surface area (Å²) < 4.78 is 4.85. The molecular weight excluding hydrogens is 226 g/mol. The fourth-order valence-electron chi connectivity index (χ4n) is 1.43. The van der Waals surface area contributed by atoms with Crippen molar-refractivity contribution in [1.29, 1.82) is 0 Å². The molecule has 4 heteroatoms. The van der Waals surface area contributed by atoms with Crippen LogP contribution in [0.25, 0.3) is 0 Å². The van der Waals surface area contributed by atoms with Crippen molar-refractivity contribution in [3.8, 4) is 0 Å². The lowest BCUT2D eigenvalue weighted by atomic mass is 10.1. The molecule has 0 fully saturated rings. The molecule has 1 amide bonds. The Bertz CT molecular complexity index is 334. The zero-order chi connectivity index (χ0) is 12.0. The highest BCUT2D eigenvalue weighted by atomic mass is 35.5. The molecule has 1 aromatic heterocycles. The molecule has 0 saturated carbocycles. The molecule has 0 spiro atoms. The highest BCUT2D eigenvalue weighted by Crippen LogP contribution is 2.16. The third kappa shape index (κ3) is 4.27. The summed E-state index contributed by atoms with van der Waals surface area (Å²) in [5.74, 6) is 0.558. The van der Waals surface area contributed by atoms with Gasteiger partial charge in [-0.15, -0.1) is 0 Å². The Kier molecular flexibility index (Phi) is 5.39. The van der Waals surface area contributed by atoms with Gasteiger partial charge in [0.15, 0.2) is 0 Å². The summed E-state index contributed by atoms with van der Waals surface area (Å²) in [6, 6.07) is 1.58. The van der Waals surface area contributed by atoms with Crippen molar-refractivity contribution in [2.75, 3.05) is 6.54 Å². The van der Waals surface area contributed by atoms with E-state index in [-0.39, 0.29) is 11.1 Å². The zero-order valence-corrected chi connectivity index (χ0v) is 10.5. The molecule has 16 heavy (non-hydrogen) atoms. The van der Waals surface area contributed by atoms with Crippen LogP contribution in [0.15, 0.2) is 16.7 Å². The topological polar surface area (TPSA) is 42.2 Å². The van der Waals surface area contributed by atoms with Gasteiger partial charge in [0.25, 0.3) is 5.91 Å². The lowest BCUT2D eigenvalue weighted by molar-refractivity contribution is 0.0952. The third-order valence-corrected chi connectivity index (χ3v) is 2.65. The molecule has 0 aromatic carbocycles. The predicted molar refractivity (Wildman–Crippen MR) is 64.7 cm³/mol. The molecule has 1 rings (SSSR count). The zero-order valence-electron chi connectivity index (χ0n) is 9.75. The first kappa shape index (κ1) is 13.1. The van der Waals surface area contributed by atoms with Crippen LogP contribution in [0.5, 0.6) is 0 Å². The van der Waals surface area contributed by atoms with Gasteiger partial charge in [0, 0.05) is 6.54 Å². The van der Waals surface area contributed by atoms with E-state index in [1.165, 1.54) is 12.7 Å². The smallest absolute Gasteiger partial charge is 0.256 e. The van der Waals surface area contributed by atoms with Crippen LogP contribution >= 0.6 is 11.6 Å². The van der Waals surface area contributed by atoms with Crippen molar-refractivity contribution in [2.24, 2.45) is 5.92 Å². The number of carbonyl (C=O) groups excluding carboxylic acids is 1. The number of amides is 1. The van der Waals surface area contributed by atoms with Gasteiger partial charge in [-0.2, -0.15) is 0 Å². The Balaban J connectivity index is 2.19. The van der Waals surface area contributed by atoms with Gasteiger partial charge in [-0.05, 0) is 30.0 Å². The largest absolute Gasteiger partial charge is 0.452 e. The summed E-state index contributed by atoms with van der Waals surface area (Å²) in [6.45, 7) is 5.08. The summed E-state index contributed by atoms with van der Waals surface area (Å²) in [4.78, 5) is 11.6. The van der Waals surface area contributed by atoms with E-state index in [0.29, 0.717) is 12.1 Å². The van der Waals surface area contributed by atoms with Crippen LogP contribution in [-0.4, -0.2) is 12.5 Å². The number of unbranched alkanes of at least 4 members (excludes halogenated alkanes) is 1. The third-order valence-electron chi connectivity index (χ3n) is 2.36. The maximum atomic E-state index is 11.6. The molecule has 0 atom stereocenters. The second-order valence-corrected chi connectivity index (χ2v) is 4.60. The fraction of sp³-hybridized carbons (Fsp3) is 0.583. The quantitative estimate of drug-likeness (QED) is 0.778. The van der Waals surface area contributed by atoms with E-state index in [0.717, 1.165) is 18.8 Å². The summed E-state index contributed by atoms with van der Waals surface area (Å²) in [7, 11) is 0. The molecule has 3 nitrogen and oxygen atoms in total. The van der Waals surface area contributed by atoms with Crippen LogP contribution in [0, 0.1) is 5.92 Å². The highest BCUT2D eigenvalue weighted by Gasteiger charge is 2.11. The maximum Gasteiger partial charge on any atom is 0.256 e. The van der Waals surface area contributed by atoms with Gasteiger partial charge in [-0.1, -0.05) is 26.7 Å². The van der Waals surface area contributed by atoms with Crippen LogP contribution in [0.3, 0.4) is 0 Å². The Morgan fingerprint density at radius 2 is 2.25 bits per heavy atom. The van der Waals surface area contributed by atoms with Crippen molar-refractivity contribution in [1.82, 2.24) is 5.32 Å². The normalized spacial score (nSPS) is 10.8. The molecule has 1 N–H and O–H groups in total. The summed E-state index contributed by atoms with van der Waals surface area (Å²) in [5, 5.41) is 2.97. The molecule has 0 radical (unpaired) electrons. The Morgan fingerprint density at radius 3 is 2.81 bits per heavy atom. The minimum Gasteiger partial charge on any atom is -0.452 e. The summed E-state index contributed by atoms with van der Waals surface area (Å²) in [6.07, 6.45) is 4.74. The van der Waals surface area contributed by atoms with Gasteiger partial charge in [0.05, 0.1) is 11.8 Å². The first-order valence-corrected chi connectivity index (χ1v) is 6.00. The first-order chi connectivity index (χ1) is 7.61. The van der Waals surface area contributed by atoms with Crippen molar-refractivity contribution in [2.45, 2.75) is 33.1 Å². The van der Waals surface area contributed by atoms with E-state index in [9.17, 15) is 4.79 Å². The van der Waals surface area contributed by atoms with Crippen LogP contribution in [-0.2, 0) is 0 Å². The first-order valence-electron chi connectivity index (χ1n) is 5.62. The second kappa shape index (κ2) is 6.59. The molecule has 0 saturated heterocycles. The molecule has 1 heterocycles. The monoisotopic (exact) mass is 243 g/mol. The molecule has 0 aliphatic carbocycles. The van der Waals surface area contributed by atoms with Crippen molar-refractivity contribution in [3.05, 3.63) is 23.1 Å². The lowest BCUT2D eigenvalue weighted by Gasteiger charge is -2.05. The molecule has 0 aliphatic heterocycles. The van der Waals surface area contributed by atoms with Crippen LogP contribution in [0.4, 0.5) is 0 Å². The Morgan fingerprint density at radius 1 is 1.50 bits per heavy atom. The van der Waals surface area contributed by atoms with Gasteiger partial charge in [0.2, 0.25) is 5.22 Å². The van der Waals surface area contributed by atoms with Crippen LogP contribution < -0.4 is 5.32 Å². The maximum absolute atomic E-state index is 11.6. The van der Waals surface area contributed by atoms with Gasteiger partial charge in [-0.3, -0.25) is 4.79 Å². The van der Waals surface area contributed by atoms with E-state index in [1.807, 2.05) is 0 Å². The molecule has 90 valence electrons. The number of carbonyl (C=O) groups is 1. The van der Waals surface area contributed by atoms with E-state index in [1.54, 1.807) is 6.07 Å². The van der Waals surface area contributed by atoms with Gasteiger partial charge in [0.1, 0.15) is 0 Å². The van der Waals surface area contributed by atoms with Crippen molar-refractivity contribution in [3.63, 3.8) is 0 Å². The fourth-order valence-corrected chi connectivity index (χ4v) is 1.63. The summed E-state index contributed by atoms with van der Waals surface area (Å²) in [5.41, 5.74) is 0.408. The van der Waals surface area contributed by atoms with Crippen LogP contribution in [0.2, 0.25) is 5.22 Å². The lowest BCUT2D eigenvalue weighted by Crippen LogP contribution is -2.24. The summed E-state index contributed by atoms with van der Waals surface area (Å²) >= 11 is 5.69. The SMILES string of the molecule is CC(C)CCCCNC(=O)c1ccoc1Cl. The van der Waals surface area contributed by atoms with E-state index >= 15 is 0 Å². The van der Waals surface area contributed by atoms with Crippen LogP contribution in [0.1, 0.15) is 43.5 Å². The minimum atomic E-state index is -0.164. The molecule has 1 aromatic rings. The number of hydrogen-bond acceptors (Lipinski definition) is 2. The molecular formula is C12H18ClNO2. The highest BCUT2D eigenvalue weighted by molar-refractivity contribution is 6.32. The number of nitrogens with one attached hydrogen (secondary N) is 1. The van der Waals surface area contributed by atoms with E-state index < -0.39 is 0 Å². The average molecular weight is 244 g/mol. The van der Waals surface area contributed by atoms with Crippen molar-refractivity contribution >= 4 is 17.5 Å². The molecule has 0 aliphatic rings. The van der Waals surface area contributed by atoms with Gasteiger partial charge < -0.3 is 9.73 Å². The van der Waals surface area contributed by atoms with E-state index in [2.05, 4.69) is 19.2 Å². The Labute approximate surface area is 101 Å². The number of rotatable bonds is 6. The standard InChI is InChI=1S/C12H18ClNO2/c1-9(2)5-3-4-7-14-12(15)10-6-8-16-11(10)13/h6,8-9H,3-5,7H2,1-2H3,(H,14,15). The van der Waals surface area contributed by atoms with E-state index in [4.69, 9.17) is 16.0 Å². The second-order valence-electron chi connectivity index (χ2n) is 4.25. The number of furan rings is 1. The minimum absolute atomic E-state index is 0.152. The van der Waals surface area contributed by atoms with Gasteiger partial charge in [-0.25, -0.2) is 0 Å². The van der Waals surface area contributed by atoms with Crippen molar-refractivity contribution < 1.29 is 9.21 Å². The average Bonchev–Trinajstić information content (AvgIpc) is 2.63. The van der Waals surface area contributed by atoms with Gasteiger partial charge >= 0.3 is 0 Å². The number of halogens is 1. The molecule has 0 bridgehead atoms.